The Bertz CT molecular complexity index is 934. The summed E-state index contributed by atoms with van der Waals surface area (Å²) in [6.07, 6.45) is 13.2. The van der Waals surface area contributed by atoms with Gasteiger partial charge >= 0.3 is 6.03 Å². The summed E-state index contributed by atoms with van der Waals surface area (Å²) in [5, 5.41) is 1.17. The van der Waals surface area contributed by atoms with E-state index in [-0.39, 0.29) is 11.9 Å². The normalized spacial score (nSPS) is 20.6. The van der Waals surface area contributed by atoms with E-state index < -0.39 is 5.54 Å². The fourth-order valence-electron chi connectivity index (χ4n) is 5.42. The quantitative estimate of drug-likeness (QED) is 0.349. The number of rotatable bonds is 11. The van der Waals surface area contributed by atoms with Gasteiger partial charge in [0.05, 0.1) is 5.69 Å². The Morgan fingerprint density at radius 1 is 0.935 bits per heavy atom. The van der Waals surface area contributed by atoms with Crippen molar-refractivity contribution in [2.24, 2.45) is 0 Å². The second-order valence-electron chi connectivity index (χ2n) is 9.42. The molecule has 5 heteroatoms. The number of aromatic amines is 1. The van der Waals surface area contributed by atoms with Crippen molar-refractivity contribution in [3.8, 4) is 0 Å². The van der Waals surface area contributed by atoms with Crippen LogP contribution in [0.2, 0.25) is 0 Å². The lowest BCUT2D eigenvalue weighted by molar-refractivity contribution is -0.133. The van der Waals surface area contributed by atoms with Crippen molar-refractivity contribution in [3.05, 3.63) is 35.5 Å². The number of carbonyl (C=O) groups excluding carboxylic acids is 2. The molecule has 1 aromatic heterocycles. The van der Waals surface area contributed by atoms with Crippen molar-refractivity contribution in [3.63, 3.8) is 0 Å². The summed E-state index contributed by atoms with van der Waals surface area (Å²) in [6, 6.07) is 8.07. The van der Waals surface area contributed by atoms with Gasteiger partial charge in [-0.05, 0) is 31.4 Å². The molecule has 3 heterocycles. The first-order valence-electron chi connectivity index (χ1n) is 12.3. The molecular weight excluding hydrogens is 386 g/mol. The number of fused-ring (bicyclic) bond motifs is 5. The van der Waals surface area contributed by atoms with Crippen LogP contribution in [-0.4, -0.2) is 39.8 Å². The Kier molecular flexibility index (Phi) is 6.68. The van der Waals surface area contributed by atoms with Gasteiger partial charge in [0.25, 0.3) is 5.91 Å². The first-order chi connectivity index (χ1) is 15.1. The predicted molar refractivity (Wildman–Crippen MR) is 125 cm³/mol. The molecule has 2 aromatic rings. The molecule has 1 N–H and O–H groups in total. The summed E-state index contributed by atoms with van der Waals surface area (Å²) in [5.74, 6) is -0.0686. The highest BCUT2D eigenvalue weighted by Gasteiger charge is 2.58. The highest BCUT2D eigenvalue weighted by atomic mass is 16.2. The third-order valence-electron chi connectivity index (χ3n) is 7.28. The zero-order chi connectivity index (χ0) is 21.8. The van der Waals surface area contributed by atoms with Gasteiger partial charge in [0.1, 0.15) is 0 Å². The van der Waals surface area contributed by atoms with Crippen LogP contribution in [0.15, 0.2) is 24.3 Å². The van der Waals surface area contributed by atoms with E-state index in [1.807, 2.05) is 25.1 Å². The Hall–Kier alpha value is -2.30. The summed E-state index contributed by atoms with van der Waals surface area (Å²) in [7, 11) is 0. The summed E-state index contributed by atoms with van der Waals surface area (Å²) in [6.45, 7) is 5.31. The molecule has 1 saturated heterocycles. The number of benzene rings is 1. The number of H-pyrrole nitrogens is 1. The number of nitrogens with zero attached hydrogens (tertiary/aromatic N) is 2. The summed E-state index contributed by atoms with van der Waals surface area (Å²) in [5.41, 5.74) is 2.24. The Morgan fingerprint density at radius 3 is 2.29 bits per heavy atom. The lowest BCUT2D eigenvalue weighted by atomic mass is 9.87. The molecule has 3 amide bonds. The van der Waals surface area contributed by atoms with Gasteiger partial charge in [0.15, 0.2) is 5.54 Å². The third kappa shape index (κ3) is 3.99. The highest BCUT2D eigenvalue weighted by molar-refractivity contribution is 6.08. The SMILES string of the molecule is CCCCCCCCCCCCN1C(=O)N2CCc3c([nH]c4ccccc34)[C@@]2(C)C1=O. The van der Waals surface area contributed by atoms with E-state index in [0.29, 0.717) is 13.1 Å². The predicted octanol–water partition coefficient (Wildman–Crippen LogP) is 6.12. The average Bonchev–Trinajstić information content (AvgIpc) is 3.25. The van der Waals surface area contributed by atoms with Crippen molar-refractivity contribution in [2.45, 2.75) is 90.0 Å². The van der Waals surface area contributed by atoms with Crippen LogP contribution in [0.1, 0.15) is 89.3 Å². The number of amides is 3. The van der Waals surface area contributed by atoms with Gasteiger partial charge in [-0.15, -0.1) is 0 Å². The van der Waals surface area contributed by atoms with Crippen LogP contribution < -0.4 is 0 Å². The van der Waals surface area contributed by atoms with Crippen molar-refractivity contribution < 1.29 is 9.59 Å². The summed E-state index contributed by atoms with van der Waals surface area (Å²) in [4.78, 5) is 33.3. The molecule has 31 heavy (non-hydrogen) atoms. The number of hydrogen-bond acceptors (Lipinski definition) is 2. The molecule has 0 radical (unpaired) electrons. The molecule has 1 atom stereocenters. The number of carbonyl (C=O) groups is 2. The fraction of sp³-hybridized carbons (Fsp3) is 0.615. The van der Waals surface area contributed by atoms with Gasteiger partial charge in [0.2, 0.25) is 0 Å². The molecule has 0 spiro atoms. The van der Waals surface area contributed by atoms with Crippen LogP contribution in [0, 0.1) is 0 Å². The van der Waals surface area contributed by atoms with Crippen molar-refractivity contribution in [1.29, 1.82) is 0 Å². The van der Waals surface area contributed by atoms with Gasteiger partial charge in [-0.2, -0.15) is 0 Å². The first kappa shape index (κ1) is 21.9. The van der Waals surface area contributed by atoms with E-state index in [1.165, 1.54) is 67.2 Å². The zero-order valence-corrected chi connectivity index (χ0v) is 19.2. The van der Waals surface area contributed by atoms with Gasteiger partial charge in [0, 0.05) is 24.0 Å². The van der Waals surface area contributed by atoms with Crippen LogP contribution in [-0.2, 0) is 16.8 Å². The Labute approximate surface area is 186 Å². The molecule has 2 aliphatic rings. The minimum absolute atomic E-state index is 0.0686. The first-order valence-corrected chi connectivity index (χ1v) is 12.3. The van der Waals surface area contributed by atoms with Crippen LogP contribution in [0.25, 0.3) is 10.9 Å². The standard InChI is InChI=1S/C26H37N3O2/c1-3-4-5-6-7-8-9-10-11-14-18-28-24(30)26(2)23-21(17-19-29(26)25(28)31)20-15-12-13-16-22(20)27-23/h12-13,15-16,27H,3-11,14,17-19H2,1-2H3/t26-/m0/s1. The van der Waals surface area contributed by atoms with Crippen LogP contribution >= 0.6 is 0 Å². The molecule has 0 bridgehead atoms. The smallest absolute Gasteiger partial charge is 0.327 e. The van der Waals surface area contributed by atoms with E-state index in [4.69, 9.17) is 0 Å². The second kappa shape index (κ2) is 9.46. The molecule has 0 saturated carbocycles. The summed E-state index contributed by atoms with van der Waals surface area (Å²) >= 11 is 0. The van der Waals surface area contributed by atoms with Crippen LogP contribution in [0.5, 0.6) is 0 Å². The molecule has 1 fully saturated rings. The molecular formula is C26H37N3O2. The van der Waals surface area contributed by atoms with Gasteiger partial charge in [-0.3, -0.25) is 9.69 Å². The molecule has 1 aromatic carbocycles. The zero-order valence-electron chi connectivity index (χ0n) is 19.2. The Morgan fingerprint density at radius 2 is 1.58 bits per heavy atom. The molecule has 0 aliphatic carbocycles. The molecule has 4 rings (SSSR count). The van der Waals surface area contributed by atoms with Gasteiger partial charge < -0.3 is 9.88 Å². The summed E-state index contributed by atoms with van der Waals surface area (Å²) < 4.78 is 0. The second-order valence-corrected chi connectivity index (χ2v) is 9.42. The monoisotopic (exact) mass is 423 g/mol. The fourth-order valence-corrected chi connectivity index (χ4v) is 5.42. The van der Waals surface area contributed by atoms with Gasteiger partial charge in [-0.1, -0.05) is 82.9 Å². The number of imide groups is 1. The van der Waals surface area contributed by atoms with E-state index in [9.17, 15) is 9.59 Å². The van der Waals surface area contributed by atoms with Crippen molar-refractivity contribution in [1.82, 2.24) is 14.8 Å². The molecule has 0 unspecified atom stereocenters. The van der Waals surface area contributed by atoms with E-state index in [1.54, 1.807) is 4.90 Å². The number of nitrogens with one attached hydrogen (secondary N) is 1. The van der Waals surface area contributed by atoms with E-state index in [0.717, 1.165) is 30.5 Å². The number of para-hydroxylation sites is 1. The maximum absolute atomic E-state index is 13.4. The largest absolute Gasteiger partial charge is 0.356 e. The topological polar surface area (TPSA) is 56.4 Å². The maximum Gasteiger partial charge on any atom is 0.327 e. The van der Waals surface area contributed by atoms with E-state index >= 15 is 0 Å². The van der Waals surface area contributed by atoms with Crippen LogP contribution in [0.4, 0.5) is 4.79 Å². The molecule has 5 nitrogen and oxygen atoms in total. The number of aromatic nitrogens is 1. The lowest BCUT2D eigenvalue weighted by Gasteiger charge is -2.36. The number of unbranched alkanes of at least 4 members (excludes halogenated alkanes) is 9. The Balaban J connectivity index is 1.33. The molecule has 2 aliphatic heterocycles. The van der Waals surface area contributed by atoms with Crippen molar-refractivity contribution in [2.75, 3.05) is 13.1 Å². The van der Waals surface area contributed by atoms with Gasteiger partial charge in [-0.25, -0.2) is 4.79 Å². The van der Waals surface area contributed by atoms with Crippen molar-refractivity contribution >= 4 is 22.8 Å². The molecule has 168 valence electrons. The van der Waals surface area contributed by atoms with E-state index in [2.05, 4.69) is 18.0 Å². The lowest BCUT2D eigenvalue weighted by Crippen LogP contribution is -2.49. The number of hydrogen-bond donors (Lipinski definition) is 1. The van der Waals surface area contributed by atoms with Crippen LogP contribution in [0.3, 0.4) is 0 Å². The maximum atomic E-state index is 13.4. The minimum atomic E-state index is -0.901. The third-order valence-corrected chi connectivity index (χ3v) is 7.28. The highest BCUT2D eigenvalue weighted by Crippen LogP contribution is 2.44. The minimum Gasteiger partial charge on any atom is -0.356 e. The average molecular weight is 424 g/mol. The number of urea groups is 1.